The first-order valence-corrected chi connectivity index (χ1v) is 7.42. The minimum atomic E-state index is 0.329. The fourth-order valence-electron chi connectivity index (χ4n) is 3.87. The van der Waals surface area contributed by atoms with Gasteiger partial charge in [-0.25, -0.2) is 0 Å². The lowest BCUT2D eigenvalue weighted by molar-refractivity contribution is 0.229. The van der Waals surface area contributed by atoms with Crippen molar-refractivity contribution in [3.63, 3.8) is 0 Å². The Morgan fingerprint density at radius 3 is 2.65 bits per heavy atom. The third-order valence-corrected chi connectivity index (χ3v) is 4.91. The summed E-state index contributed by atoms with van der Waals surface area (Å²) in [6.45, 7) is 7.26. The van der Waals surface area contributed by atoms with Gasteiger partial charge in [-0.3, -0.25) is 0 Å². The van der Waals surface area contributed by atoms with E-state index in [1.807, 2.05) is 0 Å². The SMILES string of the molecule is CC(C)(CCCO)CNCC1CC2CCC1C2. The van der Waals surface area contributed by atoms with Gasteiger partial charge in [0.2, 0.25) is 0 Å². The Labute approximate surface area is 106 Å². The van der Waals surface area contributed by atoms with Gasteiger partial charge in [0.1, 0.15) is 0 Å². The van der Waals surface area contributed by atoms with Crippen LogP contribution in [0.25, 0.3) is 0 Å². The summed E-state index contributed by atoms with van der Waals surface area (Å²) < 4.78 is 0. The maximum Gasteiger partial charge on any atom is 0.0431 e. The first kappa shape index (κ1) is 13.4. The normalized spacial score (nSPS) is 32.3. The van der Waals surface area contributed by atoms with Gasteiger partial charge in [-0.15, -0.1) is 0 Å². The van der Waals surface area contributed by atoms with Crippen LogP contribution < -0.4 is 5.32 Å². The number of fused-ring (bicyclic) bond motifs is 2. The Kier molecular flexibility index (Phi) is 4.48. The molecule has 0 amide bonds. The molecule has 2 aliphatic rings. The summed E-state index contributed by atoms with van der Waals surface area (Å²) in [4.78, 5) is 0. The second-order valence-electron chi connectivity index (χ2n) is 7.06. The zero-order chi connectivity index (χ0) is 12.3. The van der Waals surface area contributed by atoms with Crippen LogP contribution in [0.5, 0.6) is 0 Å². The topological polar surface area (TPSA) is 32.3 Å². The van der Waals surface area contributed by atoms with Crippen molar-refractivity contribution >= 4 is 0 Å². The Morgan fingerprint density at radius 2 is 2.06 bits per heavy atom. The molecule has 2 N–H and O–H groups in total. The highest BCUT2D eigenvalue weighted by Crippen LogP contribution is 2.47. The average Bonchev–Trinajstić information content (AvgIpc) is 2.88. The van der Waals surface area contributed by atoms with Crippen LogP contribution in [0.3, 0.4) is 0 Å². The van der Waals surface area contributed by atoms with Crippen molar-refractivity contribution in [2.45, 2.75) is 52.4 Å². The van der Waals surface area contributed by atoms with Gasteiger partial charge in [0.05, 0.1) is 0 Å². The third kappa shape index (κ3) is 3.69. The van der Waals surface area contributed by atoms with Crippen molar-refractivity contribution in [3.8, 4) is 0 Å². The highest BCUT2D eigenvalue weighted by molar-refractivity contribution is 4.91. The summed E-state index contributed by atoms with van der Waals surface area (Å²) in [5, 5.41) is 12.6. The van der Waals surface area contributed by atoms with E-state index < -0.39 is 0 Å². The Hall–Kier alpha value is -0.0800. The second-order valence-corrected chi connectivity index (χ2v) is 7.06. The lowest BCUT2D eigenvalue weighted by Gasteiger charge is -2.28. The zero-order valence-electron chi connectivity index (χ0n) is 11.5. The predicted molar refractivity (Wildman–Crippen MR) is 71.9 cm³/mol. The Morgan fingerprint density at radius 1 is 1.24 bits per heavy atom. The van der Waals surface area contributed by atoms with Crippen LogP contribution >= 0.6 is 0 Å². The molecule has 0 saturated heterocycles. The van der Waals surface area contributed by atoms with Gasteiger partial charge in [-0.1, -0.05) is 20.3 Å². The van der Waals surface area contributed by atoms with Gasteiger partial charge in [-0.05, 0) is 61.8 Å². The van der Waals surface area contributed by atoms with Gasteiger partial charge in [-0.2, -0.15) is 0 Å². The summed E-state index contributed by atoms with van der Waals surface area (Å²) in [5.74, 6) is 3.06. The molecule has 0 aromatic rings. The molecular weight excluding hydrogens is 210 g/mol. The Balaban J connectivity index is 1.62. The number of hydrogen-bond donors (Lipinski definition) is 2. The summed E-state index contributed by atoms with van der Waals surface area (Å²) >= 11 is 0. The maximum absolute atomic E-state index is 8.88. The van der Waals surface area contributed by atoms with Gasteiger partial charge < -0.3 is 10.4 Å². The number of hydrogen-bond acceptors (Lipinski definition) is 2. The molecule has 3 atom stereocenters. The lowest BCUT2D eigenvalue weighted by atomic mass is 9.86. The lowest BCUT2D eigenvalue weighted by Crippen LogP contribution is -2.34. The average molecular weight is 239 g/mol. The van der Waals surface area contributed by atoms with E-state index in [-0.39, 0.29) is 0 Å². The van der Waals surface area contributed by atoms with E-state index in [0.717, 1.165) is 37.1 Å². The van der Waals surface area contributed by atoms with Crippen LogP contribution in [-0.4, -0.2) is 24.8 Å². The van der Waals surface area contributed by atoms with Crippen molar-refractivity contribution in [2.75, 3.05) is 19.7 Å². The fraction of sp³-hybridized carbons (Fsp3) is 1.00. The molecule has 2 aliphatic carbocycles. The van der Waals surface area contributed by atoms with Crippen molar-refractivity contribution in [1.29, 1.82) is 0 Å². The summed E-state index contributed by atoms with van der Waals surface area (Å²) in [6.07, 6.45) is 8.04. The molecule has 2 rings (SSSR count). The molecule has 100 valence electrons. The molecule has 2 heteroatoms. The van der Waals surface area contributed by atoms with Gasteiger partial charge in [0, 0.05) is 13.2 Å². The van der Waals surface area contributed by atoms with E-state index in [4.69, 9.17) is 5.11 Å². The largest absolute Gasteiger partial charge is 0.396 e. The molecule has 0 aliphatic heterocycles. The van der Waals surface area contributed by atoms with Gasteiger partial charge in [0.15, 0.2) is 0 Å². The summed E-state index contributed by atoms with van der Waals surface area (Å²) in [6, 6.07) is 0. The van der Waals surface area contributed by atoms with E-state index in [9.17, 15) is 0 Å². The first-order valence-electron chi connectivity index (χ1n) is 7.42. The van der Waals surface area contributed by atoms with E-state index in [0.29, 0.717) is 12.0 Å². The molecule has 2 nitrogen and oxygen atoms in total. The van der Waals surface area contributed by atoms with Crippen LogP contribution in [0.4, 0.5) is 0 Å². The highest BCUT2D eigenvalue weighted by Gasteiger charge is 2.39. The standard InChI is InChI=1S/C15H29NO/c1-15(2,6-3-7-17)11-16-10-14-9-12-4-5-13(14)8-12/h12-14,16-17H,3-11H2,1-2H3. The van der Waals surface area contributed by atoms with Gasteiger partial charge >= 0.3 is 0 Å². The number of nitrogens with one attached hydrogen (secondary N) is 1. The van der Waals surface area contributed by atoms with Crippen LogP contribution in [0.1, 0.15) is 52.4 Å². The van der Waals surface area contributed by atoms with Crippen LogP contribution in [0.2, 0.25) is 0 Å². The van der Waals surface area contributed by atoms with Crippen molar-refractivity contribution in [1.82, 2.24) is 5.32 Å². The maximum atomic E-state index is 8.88. The molecule has 2 fully saturated rings. The molecule has 17 heavy (non-hydrogen) atoms. The predicted octanol–water partition coefficient (Wildman–Crippen LogP) is 2.81. The molecule has 0 aromatic carbocycles. The van der Waals surface area contributed by atoms with Crippen molar-refractivity contribution < 1.29 is 5.11 Å². The highest BCUT2D eigenvalue weighted by atomic mass is 16.2. The summed E-state index contributed by atoms with van der Waals surface area (Å²) in [7, 11) is 0. The van der Waals surface area contributed by atoms with Crippen LogP contribution in [-0.2, 0) is 0 Å². The van der Waals surface area contributed by atoms with E-state index >= 15 is 0 Å². The van der Waals surface area contributed by atoms with E-state index in [1.165, 1.54) is 32.2 Å². The second kappa shape index (κ2) is 5.71. The Bertz CT molecular complexity index is 239. The number of aliphatic hydroxyl groups excluding tert-OH is 1. The van der Waals surface area contributed by atoms with Crippen molar-refractivity contribution in [3.05, 3.63) is 0 Å². The summed E-state index contributed by atoms with van der Waals surface area (Å²) in [5.41, 5.74) is 0.334. The monoisotopic (exact) mass is 239 g/mol. The van der Waals surface area contributed by atoms with Crippen LogP contribution in [0.15, 0.2) is 0 Å². The molecule has 2 bridgehead atoms. The molecular formula is C15H29NO. The number of aliphatic hydroxyl groups is 1. The minimum Gasteiger partial charge on any atom is -0.396 e. The third-order valence-electron chi connectivity index (χ3n) is 4.91. The van der Waals surface area contributed by atoms with E-state index in [1.54, 1.807) is 0 Å². The van der Waals surface area contributed by atoms with E-state index in [2.05, 4.69) is 19.2 Å². The first-order chi connectivity index (χ1) is 8.11. The van der Waals surface area contributed by atoms with Gasteiger partial charge in [0.25, 0.3) is 0 Å². The molecule has 0 spiro atoms. The van der Waals surface area contributed by atoms with Crippen molar-refractivity contribution in [2.24, 2.45) is 23.2 Å². The molecule has 0 aromatic heterocycles. The molecule has 0 heterocycles. The smallest absolute Gasteiger partial charge is 0.0431 e. The zero-order valence-corrected chi connectivity index (χ0v) is 11.5. The molecule has 3 unspecified atom stereocenters. The number of rotatable bonds is 7. The minimum absolute atomic E-state index is 0.329. The molecule has 2 saturated carbocycles. The molecule has 0 radical (unpaired) electrons. The quantitative estimate of drug-likeness (QED) is 0.716. The fourth-order valence-corrected chi connectivity index (χ4v) is 3.87. The van der Waals surface area contributed by atoms with Crippen LogP contribution in [0, 0.1) is 23.2 Å².